The Morgan fingerprint density at radius 1 is 1.50 bits per heavy atom. The van der Waals surface area contributed by atoms with Crippen molar-refractivity contribution in [1.82, 2.24) is 10.6 Å². The highest BCUT2D eigenvalue weighted by Gasteiger charge is 1.76. The van der Waals surface area contributed by atoms with Crippen molar-refractivity contribution in [1.29, 1.82) is 0 Å². The molecule has 58 valence electrons. The van der Waals surface area contributed by atoms with Gasteiger partial charge in [0.15, 0.2) is 0 Å². The molecule has 0 unspecified atom stereocenters. The van der Waals surface area contributed by atoms with Crippen LogP contribution in [0.15, 0.2) is 24.3 Å². The summed E-state index contributed by atoms with van der Waals surface area (Å²) in [6.45, 7) is 4.87. The minimum Gasteiger partial charge on any atom is -0.403 e. The molecule has 0 amide bonds. The van der Waals surface area contributed by atoms with E-state index >= 15 is 0 Å². The van der Waals surface area contributed by atoms with E-state index in [0.29, 0.717) is 0 Å². The van der Waals surface area contributed by atoms with Gasteiger partial charge in [0.05, 0.1) is 0 Å². The average Bonchev–Trinajstić information content (AvgIpc) is 1.98. The van der Waals surface area contributed by atoms with Gasteiger partial charge in [0.1, 0.15) is 0 Å². The molecule has 0 rings (SSSR count). The highest BCUT2D eigenvalue weighted by atomic mass is 14.9. The third kappa shape index (κ3) is 5.03. The Labute approximate surface area is 62.0 Å². The van der Waals surface area contributed by atoms with Crippen molar-refractivity contribution in [3.63, 3.8) is 0 Å². The second kappa shape index (κ2) is 6.01. The van der Waals surface area contributed by atoms with Gasteiger partial charge in [-0.1, -0.05) is 0 Å². The molecule has 0 radical (unpaired) electrons. The summed E-state index contributed by atoms with van der Waals surface area (Å²) in [7, 11) is 0. The minimum atomic E-state index is 0.934. The summed E-state index contributed by atoms with van der Waals surface area (Å²) in [4.78, 5) is 0. The molecule has 0 saturated carbocycles. The molecule has 3 heteroatoms. The molecular weight excluding hydrogens is 126 g/mol. The van der Waals surface area contributed by atoms with Gasteiger partial charge in [0.2, 0.25) is 0 Å². The highest BCUT2D eigenvalue weighted by molar-refractivity contribution is 4.97. The number of rotatable bonds is 4. The molecule has 0 aliphatic heterocycles. The van der Waals surface area contributed by atoms with Gasteiger partial charge in [0.25, 0.3) is 0 Å². The molecule has 0 atom stereocenters. The zero-order chi connectivity index (χ0) is 7.82. The first-order valence-electron chi connectivity index (χ1n) is 3.34. The maximum absolute atomic E-state index is 5.21. The topological polar surface area (TPSA) is 50.1 Å². The van der Waals surface area contributed by atoms with Crippen molar-refractivity contribution in [2.24, 2.45) is 5.73 Å². The fraction of sp³-hybridized carbons (Fsp3) is 0.429. The molecule has 0 aromatic rings. The lowest BCUT2D eigenvalue weighted by molar-refractivity contribution is 0.901. The highest BCUT2D eigenvalue weighted by Crippen LogP contribution is 1.78. The Morgan fingerprint density at radius 2 is 2.20 bits per heavy atom. The lowest BCUT2D eigenvalue weighted by Gasteiger charge is -1.97. The molecule has 0 aromatic carbocycles. The molecule has 4 N–H and O–H groups in total. The van der Waals surface area contributed by atoms with Gasteiger partial charge in [0, 0.05) is 30.8 Å². The molecule has 0 aliphatic carbocycles. The van der Waals surface area contributed by atoms with Crippen molar-refractivity contribution >= 4 is 0 Å². The quantitative estimate of drug-likeness (QED) is 0.533. The molecule has 0 heterocycles. The monoisotopic (exact) mass is 141 g/mol. The van der Waals surface area contributed by atoms with Crippen LogP contribution in [-0.2, 0) is 0 Å². The van der Waals surface area contributed by atoms with Gasteiger partial charge in [-0.2, -0.15) is 0 Å². The molecular formula is C7H15N3. The van der Waals surface area contributed by atoms with Crippen LogP contribution >= 0.6 is 0 Å². The van der Waals surface area contributed by atoms with Gasteiger partial charge in [-0.05, 0) is 13.8 Å². The second-order valence-corrected chi connectivity index (χ2v) is 1.89. The van der Waals surface area contributed by atoms with Gasteiger partial charge in [-0.3, -0.25) is 0 Å². The van der Waals surface area contributed by atoms with E-state index in [4.69, 9.17) is 5.73 Å². The lowest BCUT2D eigenvalue weighted by atomic mass is 10.5. The van der Waals surface area contributed by atoms with Crippen LogP contribution in [0.4, 0.5) is 0 Å². The lowest BCUT2D eigenvalue weighted by Crippen LogP contribution is -2.08. The Balaban J connectivity index is 3.34. The Kier molecular flexibility index (Phi) is 5.33. The second-order valence-electron chi connectivity index (χ2n) is 1.89. The summed E-state index contributed by atoms with van der Waals surface area (Å²) < 4.78 is 0. The van der Waals surface area contributed by atoms with Gasteiger partial charge in [-0.15, -0.1) is 0 Å². The first-order valence-corrected chi connectivity index (χ1v) is 3.34. The van der Waals surface area contributed by atoms with Crippen molar-refractivity contribution in [3.8, 4) is 0 Å². The van der Waals surface area contributed by atoms with Crippen LogP contribution in [0, 0.1) is 0 Å². The van der Waals surface area contributed by atoms with Crippen LogP contribution in [0.5, 0.6) is 0 Å². The van der Waals surface area contributed by atoms with Crippen LogP contribution < -0.4 is 16.4 Å². The summed E-state index contributed by atoms with van der Waals surface area (Å²) in [5.41, 5.74) is 6.15. The van der Waals surface area contributed by atoms with Crippen molar-refractivity contribution in [2.45, 2.75) is 13.8 Å². The van der Waals surface area contributed by atoms with E-state index in [1.165, 1.54) is 6.20 Å². The molecule has 0 bridgehead atoms. The third-order valence-electron chi connectivity index (χ3n) is 0.966. The predicted molar refractivity (Wildman–Crippen MR) is 43.9 cm³/mol. The normalized spacial score (nSPS) is 12.0. The Bertz CT molecular complexity index is 127. The standard InChI is InChI=1S/C7H15N3/c1-3-9-4-5-10-7(2)6-8/h4-6,9-10H,3,8H2,1-2H3/b5-4-,7-6-. The summed E-state index contributed by atoms with van der Waals surface area (Å²) >= 11 is 0. The zero-order valence-corrected chi connectivity index (χ0v) is 6.52. The van der Waals surface area contributed by atoms with Crippen LogP contribution in [0.2, 0.25) is 0 Å². The maximum atomic E-state index is 5.21. The summed E-state index contributed by atoms with van der Waals surface area (Å²) in [6, 6.07) is 0. The van der Waals surface area contributed by atoms with Crippen LogP contribution in [-0.4, -0.2) is 6.54 Å². The molecule has 0 saturated heterocycles. The summed E-state index contributed by atoms with van der Waals surface area (Å²) in [5.74, 6) is 0. The van der Waals surface area contributed by atoms with Gasteiger partial charge >= 0.3 is 0 Å². The fourth-order valence-corrected chi connectivity index (χ4v) is 0.398. The first-order chi connectivity index (χ1) is 4.81. The number of hydrogen-bond acceptors (Lipinski definition) is 3. The number of hydrogen-bond donors (Lipinski definition) is 3. The van der Waals surface area contributed by atoms with E-state index in [2.05, 4.69) is 10.6 Å². The maximum Gasteiger partial charge on any atom is 0.0272 e. The van der Waals surface area contributed by atoms with Crippen molar-refractivity contribution in [3.05, 3.63) is 24.3 Å². The predicted octanol–water partition coefficient (Wildman–Crippen LogP) is 0.477. The van der Waals surface area contributed by atoms with Crippen LogP contribution in [0.1, 0.15) is 13.8 Å². The van der Waals surface area contributed by atoms with E-state index in [0.717, 1.165) is 12.2 Å². The van der Waals surface area contributed by atoms with E-state index in [1.54, 1.807) is 0 Å². The number of nitrogens with one attached hydrogen (secondary N) is 2. The van der Waals surface area contributed by atoms with Crippen LogP contribution in [0.3, 0.4) is 0 Å². The molecule has 3 nitrogen and oxygen atoms in total. The average molecular weight is 141 g/mol. The minimum absolute atomic E-state index is 0.934. The fourth-order valence-electron chi connectivity index (χ4n) is 0.398. The van der Waals surface area contributed by atoms with E-state index in [9.17, 15) is 0 Å². The SMILES string of the molecule is CCN/C=C\N/C(C)=C\N. The first kappa shape index (κ1) is 8.88. The molecule has 0 aromatic heterocycles. The van der Waals surface area contributed by atoms with Gasteiger partial charge in [-0.25, -0.2) is 0 Å². The molecule has 0 aliphatic rings. The van der Waals surface area contributed by atoms with E-state index in [1.807, 2.05) is 26.2 Å². The summed E-state index contributed by atoms with van der Waals surface area (Å²) in [5, 5.41) is 5.98. The number of allylic oxidation sites excluding steroid dienone is 1. The van der Waals surface area contributed by atoms with E-state index in [-0.39, 0.29) is 0 Å². The van der Waals surface area contributed by atoms with Crippen molar-refractivity contribution in [2.75, 3.05) is 6.54 Å². The Hall–Kier alpha value is -1.12. The van der Waals surface area contributed by atoms with E-state index < -0.39 is 0 Å². The Morgan fingerprint density at radius 3 is 2.70 bits per heavy atom. The number of nitrogens with two attached hydrogens (primary N) is 1. The third-order valence-corrected chi connectivity index (χ3v) is 0.966. The molecule has 0 fully saturated rings. The van der Waals surface area contributed by atoms with Gasteiger partial charge < -0.3 is 16.4 Å². The van der Waals surface area contributed by atoms with Crippen LogP contribution in [0.25, 0.3) is 0 Å². The largest absolute Gasteiger partial charge is 0.403 e. The summed E-state index contributed by atoms with van der Waals surface area (Å²) in [6.07, 6.45) is 5.17. The van der Waals surface area contributed by atoms with Crippen molar-refractivity contribution < 1.29 is 0 Å². The smallest absolute Gasteiger partial charge is 0.0272 e. The zero-order valence-electron chi connectivity index (χ0n) is 6.52. The molecule has 10 heavy (non-hydrogen) atoms. The molecule has 0 spiro atoms.